The largest absolute Gasteiger partial charge is 0.457 e. The van der Waals surface area contributed by atoms with Crippen LogP contribution >= 0.6 is 0 Å². The fraction of sp³-hybridized carbons (Fsp3) is 0.167. The minimum Gasteiger partial charge on any atom is -0.457 e. The van der Waals surface area contributed by atoms with Gasteiger partial charge >= 0.3 is 6.03 Å². The van der Waals surface area contributed by atoms with E-state index in [0.29, 0.717) is 17.9 Å². The standard InChI is InChI=1S/C24H20N2O3/c27-22-24(15-14-17-8-4-6-12-20(17)24)25-23(28)26(22)16-18-9-5-7-13-21(18)29-19-10-2-1-3-11-19/h1-13H,14-16H2,(H,25,28)/t24-/m0/s1. The van der Waals surface area contributed by atoms with Gasteiger partial charge in [-0.1, -0.05) is 60.7 Å². The smallest absolute Gasteiger partial charge is 0.325 e. The lowest BCUT2D eigenvalue weighted by Gasteiger charge is -2.22. The number of nitrogens with zero attached hydrogens (tertiary/aromatic N) is 1. The summed E-state index contributed by atoms with van der Waals surface area (Å²) >= 11 is 0. The topological polar surface area (TPSA) is 58.6 Å². The van der Waals surface area contributed by atoms with Gasteiger partial charge in [-0.2, -0.15) is 0 Å². The maximum Gasteiger partial charge on any atom is 0.325 e. The van der Waals surface area contributed by atoms with E-state index in [4.69, 9.17) is 4.74 Å². The highest BCUT2D eigenvalue weighted by molar-refractivity contribution is 6.08. The maximum absolute atomic E-state index is 13.4. The number of fused-ring (bicyclic) bond motifs is 2. The molecular formula is C24H20N2O3. The lowest BCUT2D eigenvalue weighted by molar-refractivity contribution is -0.132. The second-order valence-electron chi connectivity index (χ2n) is 7.41. The Hall–Kier alpha value is -3.60. The Labute approximate surface area is 168 Å². The minimum absolute atomic E-state index is 0.164. The van der Waals surface area contributed by atoms with Crippen molar-refractivity contribution in [2.75, 3.05) is 0 Å². The van der Waals surface area contributed by atoms with E-state index in [1.807, 2.05) is 78.9 Å². The van der Waals surface area contributed by atoms with Gasteiger partial charge in [0.2, 0.25) is 0 Å². The van der Waals surface area contributed by atoms with Crippen molar-refractivity contribution in [2.24, 2.45) is 0 Å². The van der Waals surface area contributed by atoms with E-state index in [2.05, 4.69) is 5.32 Å². The summed E-state index contributed by atoms with van der Waals surface area (Å²) in [6.45, 7) is 0.164. The van der Waals surface area contributed by atoms with Crippen LogP contribution in [0.5, 0.6) is 11.5 Å². The number of aryl methyl sites for hydroxylation is 1. The highest BCUT2D eigenvalue weighted by Gasteiger charge is 2.55. The van der Waals surface area contributed by atoms with Gasteiger partial charge in [0.1, 0.15) is 17.0 Å². The predicted octanol–water partition coefficient (Wildman–Crippen LogP) is 4.37. The van der Waals surface area contributed by atoms with Crippen LogP contribution in [0.3, 0.4) is 0 Å². The first-order valence-electron chi connectivity index (χ1n) is 9.71. The van der Waals surface area contributed by atoms with Gasteiger partial charge in [-0.3, -0.25) is 9.69 Å². The fourth-order valence-corrected chi connectivity index (χ4v) is 4.25. The lowest BCUT2D eigenvalue weighted by atomic mass is 9.92. The molecule has 1 aliphatic carbocycles. The van der Waals surface area contributed by atoms with Crippen LogP contribution in [0, 0.1) is 0 Å². The first-order valence-corrected chi connectivity index (χ1v) is 9.71. The van der Waals surface area contributed by atoms with Gasteiger partial charge in [-0.25, -0.2) is 4.79 Å². The van der Waals surface area contributed by atoms with Crippen molar-refractivity contribution in [2.45, 2.75) is 24.9 Å². The molecule has 1 saturated heterocycles. The van der Waals surface area contributed by atoms with Crippen LogP contribution in [0.15, 0.2) is 78.9 Å². The summed E-state index contributed by atoms with van der Waals surface area (Å²) in [5.41, 5.74) is 1.87. The lowest BCUT2D eigenvalue weighted by Crippen LogP contribution is -2.41. The van der Waals surface area contributed by atoms with Crippen LogP contribution in [0.2, 0.25) is 0 Å². The van der Waals surface area contributed by atoms with Gasteiger partial charge in [-0.15, -0.1) is 0 Å². The molecule has 1 aliphatic heterocycles. The van der Waals surface area contributed by atoms with E-state index in [1.54, 1.807) is 0 Å². The molecule has 1 N–H and O–H groups in total. The van der Waals surface area contributed by atoms with Gasteiger partial charge < -0.3 is 10.1 Å². The molecule has 1 fully saturated rings. The molecule has 1 heterocycles. The molecular weight excluding hydrogens is 364 g/mol. The van der Waals surface area contributed by atoms with Crippen LogP contribution in [0.25, 0.3) is 0 Å². The SMILES string of the molecule is O=C1N[C@]2(CCc3ccccc32)C(=O)N1Cc1ccccc1Oc1ccccc1. The Morgan fingerprint density at radius 1 is 0.897 bits per heavy atom. The Kier molecular flexibility index (Phi) is 4.09. The Morgan fingerprint density at radius 2 is 1.62 bits per heavy atom. The van der Waals surface area contributed by atoms with Crippen LogP contribution < -0.4 is 10.1 Å². The van der Waals surface area contributed by atoms with E-state index in [0.717, 1.165) is 23.1 Å². The summed E-state index contributed by atoms with van der Waals surface area (Å²) in [4.78, 5) is 27.5. The third kappa shape index (κ3) is 2.86. The van der Waals surface area contributed by atoms with Gasteiger partial charge in [0.15, 0.2) is 0 Å². The number of para-hydroxylation sites is 2. The number of imide groups is 1. The minimum atomic E-state index is -0.942. The normalized spacial score (nSPS) is 20.1. The van der Waals surface area contributed by atoms with E-state index in [1.165, 1.54) is 4.90 Å². The number of benzene rings is 3. The average Bonchev–Trinajstić information content (AvgIpc) is 3.23. The zero-order valence-corrected chi connectivity index (χ0v) is 15.8. The molecule has 1 atom stereocenters. The molecule has 3 amide bonds. The number of hydrogen-bond acceptors (Lipinski definition) is 3. The molecule has 5 heteroatoms. The second-order valence-corrected chi connectivity index (χ2v) is 7.41. The van der Waals surface area contributed by atoms with Crippen LogP contribution in [0.1, 0.15) is 23.1 Å². The van der Waals surface area contributed by atoms with Crippen molar-refractivity contribution in [1.29, 1.82) is 0 Å². The third-order valence-corrected chi connectivity index (χ3v) is 5.69. The van der Waals surface area contributed by atoms with Gasteiger partial charge in [-0.05, 0) is 42.2 Å². The zero-order valence-electron chi connectivity index (χ0n) is 15.8. The van der Waals surface area contributed by atoms with Crippen LogP contribution in [0.4, 0.5) is 4.79 Å². The monoisotopic (exact) mass is 384 g/mol. The van der Waals surface area contributed by atoms with Crippen molar-refractivity contribution in [3.63, 3.8) is 0 Å². The second kappa shape index (κ2) is 6.78. The Morgan fingerprint density at radius 3 is 2.48 bits per heavy atom. The third-order valence-electron chi connectivity index (χ3n) is 5.69. The highest BCUT2D eigenvalue weighted by atomic mass is 16.5. The molecule has 0 saturated carbocycles. The maximum atomic E-state index is 13.4. The number of amides is 3. The number of urea groups is 1. The first kappa shape index (κ1) is 17.5. The molecule has 3 aromatic rings. The first-order chi connectivity index (χ1) is 14.2. The predicted molar refractivity (Wildman–Crippen MR) is 108 cm³/mol. The zero-order chi connectivity index (χ0) is 19.8. The molecule has 5 rings (SSSR count). The van der Waals surface area contributed by atoms with Crippen molar-refractivity contribution in [3.05, 3.63) is 95.6 Å². The van der Waals surface area contributed by atoms with Crippen molar-refractivity contribution in [1.82, 2.24) is 10.2 Å². The molecule has 1 spiro atoms. The van der Waals surface area contributed by atoms with Gasteiger partial charge in [0.05, 0.1) is 6.54 Å². The Balaban J connectivity index is 1.44. The summed E-state index contributed by atoms with van der Waals surface area (Å²) in [6, 6.07) is 24.4. The number of carbonyl (C=O) groups excluding carboxylic acids is 2. The van der Waals surface area contributed by atoms with E-state index in [9.17, 15) is 9.59 Å². The summed E-state index contributed by atoms with van der Waals surface area (Å²) in [5.74, 6) is 1.15. The number of hydrogen-bond donors (Lipinski definition) is 1. The number of ether oxygens (including phenoxy) is 1. The Bertz CT molecular complexity index is 1100. The molecule has 144 valence electrons. The molecule has 2 aliphatic rings. The van der Waals surface area contributed by atoms with E-state index in [-0.39, 0.29) is 18.5 Å². The van der Waals surface area contributed by atoms with Crippen molar-refractivity contribution >= 4 is 11.9 Å². The number of rotatable bonds is 4. The molecule has 0 unspecified atom stereocenters. The van der Waals surface area contributed by atoms with Crippen LogP contribution in [-0.4, -0.2) is 16.8 Å². The van der Waals surface area contributed by atoms with Gasteiger partial charge in [0.25, 0.3) is 5.91 Å². The average molecular weight is 384 g/mol. The molecule has 3 aromatic carbocycles. The molecule has 0 bridgehead atoms. The molecule has 29 heavy (non-hydrogen) atoms. The van der Waals surface area contributed by atoms with Gasteiger partial charge in [0, 0.05) is 5.56 Å². The quantitative estimate of drug-likeness (QED) is 0.680. The van der Waals surface area contributed by atoms with E-state index < -0.39 is 5.54 Å². The van der Waals surface area contributed by atoms with Crippen LogP contribution in [-0.2, 0) is 23.3 Å². The number of nitrogens with one attached hydrogen (secondary N) is 1. The molecule has 0 radical (unpaired) electrons. The van der Waals surface area contributed by atoms with Crippen molar-refractivity contribution in [3.8, 4) is 11.5 Å². The fourth-order valence-electron chi connectivity index (χ4n) is 4.25. The summed E-state index contributed by atoms with van der Waals surface area (Å²) < 4.78 is 5.99. The summed E-state index contributed by atoms with van der Waals surface area (Å²) in [6.07, 6.45) is 1.37. The highest BCUT2D eigenvalue weighted by Crippen LogP contribution is 2.42. The van der Waals surface area contributed by atoms with E-state index >= 15 is 0 Å². The number of carbonyl (C=O) groups is 2. The molecule has 0 aromatic heterocycles. The summed E-state index contributed by atoms with van der Waals surface area (Å²) in [5, 5.41) is 2.97. The van der Waals surface area contributed by atoms with Crippen molar-refractivity contribution < 1.29 is 14.3 Å². The molecule has 5 nitrogen and oxygen atoms in total. The summed E-state index contributed by atoms with van der Waals surface area (Å²) in [7, 11) is 0.